The maximum absolute atomic E-state index is 11.9. The van der Waals surface area contributed by atoms with Gasteiger partial charge in [0, 0.05) is 6.42 Å². The van der Waals surface area contributed by atoms with E-state index in [1.54, 1.807) is 0 Å². The summed E-state index contributed by atoms with van der Waals surface area (Å²) in [7, 11) is 0. The Labute approximate surface area is 184 Å². The molecule has 31 heavy (non-hydrogen) atoms. The molecule has 1 rings (SSSR count). The van der Waals surface area contributed by atoms with Gasteiger partial charge < -0.3 is 19.7 Å². The monoisotopic (exact) mass is 436 g/mol. The second-order valence-electron chi connectivity index (χ2n) is 7.52. The third-order valence-electron chi connectivity index (χ3n) is 4.85. The number of esters is 2. The molecule has 0 aromatic carbocycles. The Balaban J connectivity index is 2.13. The Morgan fingerprint density at radius 1 is 1.00 bits per heavy atom. The van der Waals surface area contributed by atoms with Crippen molar-refractivity contribution in [2.45, 2.75) is 89.4 Å². The zero-order chi connectivity index (χ0) is 22.9. The van der Waals surface area contributed by atoms with Crippen LogP contribution in [0, 0.1) is 0 Å². The molecule has 0 aliphatic carbocycles. The van der Waals surface area contributed by atoms with Gasteiger partial charge in [0.15, 0.2) is 6.10 Å². The van der Waals surface area contributed by atoms with Crippen LogP contribution in [-0.4, -0.2) is 52.9 Å². The van der Waals surface area contributed by atoms with Gasteiger partial charge >= 0.3 is 11.9 Å². The van der Waals surface area contributed by atoms with Crippen LogP contribution in [0.3, 0.4) is 0 Å². The van der Waals surface area contributed by atoms with Crippen LogP contribution >= 0.6 is 0 Å². The third-order valence-corrected chi connectivity index (χ3v) is 4.85. The molecule has 0 aromatic rings. The molecule has 0 radical (unpaired) electrons. The number of carbonyl (C=O) groups excluding carboxylic acids is 3. The summed E-state index contributed by atoms with van der Waals surface area (Å²) in [6.07, 6.45) is 17.6. The van der Waals surface area contributed by atoms with E-state index in [2.05, 4.69) is 48.1 Å². The fraction of sp³-hybridized carbons (Fsp3) is 0.625. The Morgan fingerprint density at radius 2 is 1.58 bits per heavy atom. The van der Waals surface area contributed by atoms with Crippen LogP contribution in [0.25, 0.3) is 0 Å². The standard InChI is InChI=1S/C24H36O7/c1-2-3-4-5-6-7-8-9-10-11-12-13-14-15-16-17-20(27)30-23-21(28)24(29)31-22(23)19(26)18-25/h6-7,9-10,12-13,19,22-23,25-26H,2-5,8,11,14-18H2,1H3/t19-,22+,23?/m0/s1. The lowest BCUT2D eigenvalue weighted by Gasteiger charge is -2.20. The minimum Gasteiger partial charge on any atom is -0.450 e. The molecule has 1 aliphatic rings. The van der Waals surface area contributed by atoms with Crippen LogP contribution in [0.2, 0.25) is 0 Å². The predicted molar refractivity (Wildman–Crippen MR) is 117 cm³/mol. The zero-order valence-electron chi connectivity index (χ0n) is 18.4. The first-order valence-electron chi connectivity index (χ1n) is 11.2. The van der Waals surface area contributed by atoms with Crippen molar-refractivity contribution >= 4 is 17.7 Å². The molecule has 0 saturated carbocycles. The van der Waals surface area contributed by atoms with Gasteiger partial charge in [0.05, 0.1) is 6.61 Å². The van der Waals surface area contributed by atoms with Crippen molar-refractivity contribution in [3.05, 3.63) is 36.5 Å². The molecule has 0 bridgehead atoms. The molecule has 0 amide bonds. The SMILES string of the molecule is CCCCCC=CCC=CCC=CCCCCC(=O)OC1C(=O)C(=O)O[C@@H]1[C@@H](O)CO. The van der Waals surface area contributed by atoms with Crippen LogP contribution in [-0.2, 0) is 23.9 Å². The second kappa shape index (κ2) is 16.4. The molecule has 174 valence electrons. The number of aliphatic hydroxyl groups excluding tert-OH is 2. The van der Waals surface area contributed by atoms with E-state index in [-0.39, 0.29) is 6.42 Å². The molecular formula is C24H36O7. The number of Topliss-reactive ketones (excluding diaryl/α,β-unsaturated/α-hetero) is 1. The van der Waals surface area contributed by atoms with Crippen molar-refractivity contribution in [1.29, 1.82) is 0 Å². The van der Waals surface area contributed by atoms with E-state index in [4.69, 9.17) is 9.84 Å². The van der Waals surface area contributed by atoms with Crippen LogP contribution in [0.1, 0.15) is 71.1 Å². The van der Waals surface area contributed by atoms with E-state index < -0.39 is 42.6 Å². The summed E-state index contributed by atoms with van der Waals surface area (Å²) >= 11 is 0. The van der Waals surface area contributed by atoms with Crippen LogP contribution < -0.4 is 0 Å². The number of unbranched alkanes of at least 4 members (excludes halogenated alkanes) is 5. The quantitative estimate of drug-likeness (QED) is 0.165. The summed E-state index contributed by atoms with van der Waals surface area (Å²) in [6, 6.07) is 0. The summed E-state index contributed by atoms with van der Waals surface area (Å²) in [5.41, 5.74) is 0. The first-order chi connectivity index (χ1) is 15.0. The highest BCUT2D eigenvalue weighted by Gasteiger charge is 2.49. The highest BCUT2D eigenvalue weighted by molar-refractivity contribution is 6.37. The van der Waals surface area contributed by atoms with Gasteiger partial charge in [0.25, 0.3) is 5.78 Å². The Morgan fingerprint density at radius 3 is 2.16 bits per heavy atom. The smallest absolute Gasteiger partial charge is 0.379 e. The summed E-state index contributed by atoms with van der Waals surface area (Å²) in [4.78, 5) is 35.0. The van der Waals surface area contributed by atoms with Gasteiger partial charge in [-0.15, -0.1) is 0 Å². The zero-order valence-corrected chi connectivity index (χ0v) is 18.4. The number of ketones is 1. The number of aliphatic hydroxyl groups is 2. The van der Waals surface area contributed by atoms with E-state index in [0.29, 0.717) is 6.42 Å². The molecule has 1 fully saturated rings. The average Bonchev–Trinajstić information content (AvgIpc) is 3.04. The number of carbonyl (C=O) groups is 3. The topological polar surface area (TPSA) is 110 Å². The minimum absolute atomic E-state index is 0.0955. The first kappa shape index (κ1) is 26.8. The fourth-order valence-corrected chi connectivity index (χ4v) is 3.04. The molecule has 7 heteroatoms. The van der Waals surface area contributed by atoms with Gasteiger partial charge in [-0.1, -0.05) is 56.2 Å². The molecule has 1 heterocycles. The van der Waals surface area contributed by atoms with Crippen molar-refractivity contribution in [3.8, 4) is 0 Å². The number of ether oxygens (including phenoxy) is 2. The van der Waals surface area contributed by atoms with Crippen molar-refractivity contribution < 1.29 is 34.1 Å². The Hall–Kier alpha value is -2.25. The van der Waals surface area contributed by atoms with E-state index in [1.165, 1.54) is 19.3 Å². The molecule has 3 atom stereocenters. The number of hydrogen-bond donors (Lipinski definition) is 2. The van der Waals surface area contributed by atoms with Crippen molar-refractivity contribution in [1.82, 2.24) is 0 Å². The van der Waals surface area contributed by atoms with Gasteiger partial charge in [-0.2, -0.15) is 0 Å². The van der Waals surface area contributed by atoms with Crippen molar-refractivity contribution in [3.63, 3.8) is 0 Å². The summed E-state index contributed by atoms with van der Waals surface area (Å²) in [5.74, 6) is -2.83. The number of rotatable bonds is 16. The molecule has 7 nitrogen and oxygen atoms in total. The highest BCUT2D eigenvalue weighted by Crippen LogP contribution is 2.20. The van der Waals surface area contributed by atoms with E-state index in [1.807, 2.05) is 0 Å². The van der Waals surface area contributed by atoms with Gasteiger partial charge in [0.2, 0.25) is 6.10 Å². The van der Waals surface area contributed by atoms with E-state index in [0.717, 1.165) is 32.1 Å². The molecule has 1 unspecified atom stereocenters. The second-order valence-corrected chi connectivity index (χ2v) is 7.52. The number of allylic oxidation sites excluding steroid dienone is 6. The van der Waals surface area contributed by atoms with E-state index in [9.17, 15) is 19.5 Å². The summed E-state index contributed by atoms with van der Waals surface area (Å²) < 4.78 is 9.69. The lowest BCUT2D eigenvalue weighted by Crippen LogP contribution is -2.41. The molecular weight excluding hydrogens is 400 g/mol. The van der Waals surface area contributed by atoms with E-state index >= 15 is 0 Å². The lowest BCUT2D eigenvalue weighted by molar-refractivity contribution is -0.160. The van der Waals surface area contributed by atoms with Gasteiger partial charge in [-0.05, 0) is 44.9 Å². The molecule has 1 saturated heterocycles. The largest absolute Gasteiger partial charge is 0.450 e. The fourth-order valence-electron chi connectivity index (χ4n) is 3.04. The van der Waals surface area contributed by atoms with Gasteiger partial charge in [-0.3, -0.25) is 9.59 Å². The van der Waals surface area contributed by atoms with Crippen LogP contribution in [0.5, 0.6) is 0 Å². The van der Waals surface area contributed by atoms with Gasteiger partial charge in [0.1, 0.15) is 6.10 Å². The lowest BCUT2D eigenvalue weighted by atomic mass is 10.1. The third kappa shape index (κ3) is 11.1. The molecule has 0 spiro atoms. The Kier molecular flexibility index (Phi) is 14.2. The molecule has 1 aliphatic heterocycles. The summed E-state index contributed by atoms with van der Waals surface area (Å²) in [6.45, 7) is 1.49. The van der Waals surface area contributed by atoms with Crippen molar-refractivity contribution in [2.24, 2.45) is 0 Å². The van der Waals surface area contributed by atoms with Crippen LogP contribution in [0.4, 0.5) is 0 Å². The predicted octanol–water partition coefficient (Wildman–Crippen LogP) is 3.34. The molecule has 2 N–H and O–H groups in total. The molecule has 0 aromatic heterocycles. The highest BCUT2D eigenvalue weighted by atomic mass is 16.6. The minimum atomic E-state index is -1.50. The van der Waals surface area contributed by atoms with Crippen molar-refractivity contribution in [2.75, 3.05) is 6.61 Å². The summed E-state index contributed by atoms with van der Waals surface area (Å²) in [5, 5.41) is 18.6. The maximum Gasteiger partial charge on any atom is 0.379 e. The number of cyclic esters (lactones) is 1. The van der Waals surface area contributed by atoms with Crippen LogP contribution in [0.15, 0.2) is 36.5 Å². The average molecular weight is 437 g/mol. The first-order valence-corrected chi connectivity index (χ1v) is 11.2. The Bertz CT molecular complexity index is 636. The number of hydrogen-bond acceptors (Lipinski definition) is 7. The maximum atomic E-state index is 11.9. The normalized spacial score (nSPS) is 20.2. The van der Waals surface area contributed by atoms with Gasteiger partial charge in [-0.25, -0.2) is 4.79 Å².